The number of aromatic nitrogens is 1. The van der Waals surface area contributed by atoms with E-state index in [0.29, 0.717) is 28.2 Å². The Kier molecular flexibility index (Phi) is 3.86. The van der Waals surface area contributed by atoms with Crippen molar-refractivity contribution in [3.63, 3.8) is 0 Å². The van der Waals surface area contributed by atoms with Gasteiger partial charge < -0.3 is 10.5 Å². The van der Waals surface area contributed by atoms with Gasteiger partial charge in [0.1, 0.15) is 11.6 Å². The molecule has 1 saturated carbocycles. The smallest absolute Gasteiger partial charge is 0.320 e. The lowest BCUT2D eigenvalue weighted by Crippen LogP contribution is -2.39. The highest BCUT2D eigenvalue weighted by atomic mass is 79.9. The maximum atomic E-state index is 12.1. The van der Waals surface area contributed by atoms with Gasteiger partial charge in [-0.1, -0.05) is 23.2 Å². The van der Waals surface area contributed by atoms with E-state index in [0.717, 1.165) is 10.0 Å². The van der Waals surface area contributed by atoms with Gasteiger partial charge in [-0.3, -0.25) is 4.90 Å². The summed E-state index contributed by atoms with van der Waals surface area (Å²) in [4.78, 5) is 17.9. The van der Waals surface area contributed by atoms with E-state index < -0.39 is 6.03 Å². The number of carbonyl (C=O) groups is 1. The SMILES string of the molecule is NC(=O)N(c1ccc(Br)cn1)C1C2COc3c(Cl)ccc(Cl)c3C21. The van der Waals surface area contributed by atoms with Crippen LogP contribution in [0.1, 0.15) is 11.5 Å². The lowest BCUT2D eigenvalue weighted by atomic mass is 10.1. The summed E-state index contributed by atoms with van der Waals surface area (Å²) in [7, 11) is 0. The van der Waals surface area contributed by atoms with E-state index in [9.17, 15) is 4.79 Å². The zero-order valence-electron chi connectivity index (χ0n) is 12.2. The van der Waals surface area contributed by atoms with E-state index in [1.807, 2.05) is 6.07 Å². The fraction of sp³-hybridized carbons (Fsp3) is 0.250. The number of urea groups is 1. The third-order valence-corrected chi connectivity index (χ3v) is 5.57. The molecule has 0 radical (unpaired) electrons. The molecule has 1 aromatic heterocycles. The maximum absolute atomic E-state index is 12.1. The second-order valence-electron chi connectivity index (χ2n) is 5.81. The third-order valence-electron chi connectivity index (χ3n) is 4.47. The lowest BCUT2D eigenvalue weighted by Gasteiger charge is -2.20. The Morgan fingerprint density at radius 2 is 2.04 bits per heavy atom. The molecule has 8 heteroatoms. The summed E-state index contributed by atoms with van der Waals surface area (Å²) in [5.41, 5.74) is 6.47. The summed E-state index contributed by atoms with van der Waals surface area (Å²) in [6.45, 7) is 0.461. The largest absolute Gasteiger partial charge is 0.491 e. The molecular formula is C16H12BrCl2N3O2. The molecule has 2 N–H and O–H groups in total. The zero-order chi connectivity index (χ0) is 17.0. The van der Waals surface area contributed by atoms with Gasteiger partial charge >= 0.3 is 6.03 Å². The summed E-state index contributed by atoms with van der Waals surface area (Å²) in [5.74, 6) is 1.26. The number of anilines is 1. The van der Waals surface area contributed by atoms with Gasteiger partial charge in [0, 0.05) is 33.1 Å². The van der Waals surface area contributed by atoms with Gasteiger partial charge in [-0.2, -0.15) is 0 Å². The van der Waals surface area contributed by atoms with Crippen LogP contribution in [0.15, 0.2) is 34.9 Å². The highest BCUT2D eigenvalue weighted by Gasteiger charge is 2.60. The number of hydrogen-bond acceptors (Lipinski definition) is 3. The first-order valence-corrected chi connectivity index (χ1v) is 8.85. The summed E-state index contributed by atoms with van der Waals surface area (Å²) < 4.78 is 6.61. The van der Waals surface area contributed by atoms with Crippen LogP contribution in [0.5, 0.6) is 5.75 Å². The molecule has 2 aromatic rings. The first-order chi connectivity index (χ1) is 11.5. The van der Waals surface area contributed by atoms with Crippen LogP contribution in [0.3, 0.4) is 0 Å². The third kappa shape index (κ3) is 2.44. The molecule has 1 fully saturated rings. The van der Waals surface area contributed by atoms with Gasteiger partial charge in [0.25, 0.3) is 0 Å². The van der Waals surface area contributed by atoms with Crippen molar-refractivity contribution in [3.8, 4) is 5.75 Å². The molecule has 2 aliphatic rings. The molecule has 5 nitrogen and oxygen atoms in total. The van der Waals surface area contributed by atoms with Crippen molar-refractivity contribution in [1.82, 2.24) is 4.98 Å². The van der Waals surface area contributed by atoms with Gasteiger partial charge in [0.05, 0.1) is 17.7 Å². The molecule has 2 amide bonds. The maximum Gasteiger partial charge on any atom is 0.320 e. The first kappa shape index (κ1) is 16.0. The minimum atomic E-state index is -0.552. The summed E-state index contributed by atoms with van der Waals surface area (Å²) in [6, 6.07) is 6.33. The van der Waals surface area contributed by atoms with E-state index in [2.05, 4.69) is 20.9 Å². The van der Waals surface area contributed by atoms with E-state index in [4.69, 9.17) is 33.7 Å². The number of amides is 2. The predicted molar refractivity (Wildman–Crippen MR) is 96.0 cm³/mol. The molecule has 0 bridgehead atoms. The second-order valence-corrected chi connectivity index (χ2v) is 7.54. The average molecular weight is 429 g/mol. The Morgan fingerprint density at radius 1 is 1.29 bits per heavy atom. The molecular weight excluding hydrogens is 417 g/mol. The van der Waals surface area contributed by atoms with Crippen molar-refractivity contribution in [2.24, 2.45) is 11.7 Å². The van der Waals surface area contributed by atoms with Crippen LogP contribution >= 0.6 is 39.1 Å². The molecule has 0 spiro atoms. The number of nitrogens with two attached hydrogens (primary N) is 1. The number of ether oxygens (including phenoxy) is 1. The van der Waals surface area contributed by atoms with Crippen LogP contribution in [0, 0.1) is 5.92 Å². The first-order valence-electron chi connectivity index (χ1n) is 7.30. The molecule has 0 saturated heterocycles. The molecule has 4 rings (SSSR count). The van der Waals surface area contributed by atoms with Crippen LogP contribution in [0.25, 0.3) is 0 Å². The van der Waals surface area contributed by atoms with Crippen LogP contribution < -0.4 is 15.4 Å². The van der Waals surface area contributed by atoms with E-state index in [-0.39, 0.29) is 17.9 Å². The molecule has 24 heavy (non-hydrogen) atoms. The summed E-state index contributed by atoms with van der Waals surface area (Å²) >= 11 is 15.9. The Bertz CT molecular complexity index is 831. The van der Waals surface area contributed by atoms with Crippen molar-refractivity contribution in [2.45, 2.75) is 12.0 Å². The highest BCUT2D eigenvalue weighted by molar-refractivity contribution is 9.10. The summed E-state index contributed by atoms with van der Waals surface area (Å²) in [6.07, 6.45) is 1.63. The summed E-state index contributed by atoms with van der Waals surface area (Å²) in [5, 5.41) is 1.10. The minimum absolute atomic E-state index is 0.0397. The van der Waals surface area contributed by atoms with Crippen molar-refractivity contribution in [1.29, 1.82) is 0 Å². The van der Waals surface area contributed by atoms with Gasteiger partial charge in [0.2, 0.25) is 0 Å². The fourth-order valence-corrected chi connectivity index (χ4v) is 4.13. The molecule has 1 aliphatic heterocycles. The topological polar surface area (TPSA) is 68.5 Å². The number of rotatable bonds is 2. The number of benzene rings is 1. The fourth-order valence-electron chi connectivity index (χ4n) is 3.40. The van der Waals surface area contributed by atoms with Gasteiger partial charge in [-0.25, -0.2) is 9.78 Å². The predicted octanol–water partition coefficient (Wildman–Crippen LogP) is 4.21. The van der Waals surface area contributed by atoms with E-state index in [1.165, 1.54) is 4.90 Å². The molecule has 1 aliphatic carbocycles. The molecule has 1 aromatic carbocycles. The molecule has 3 atom stereocenters. The van der Waals surface area contributed by atoms with Crippen molar-refractivity contribution >= 4 is 51.0 Å². The van der Waals surface area contributed by atoms with E-state index >= 15 is 0 Å². The van der Waals surface area contributed by atoms with Gasteiger partial charge in [0.15, 0.2) is 0 Å². The van der Waals surface area contributed by atoms with Crippen LogP contribution in [0.4, 0.5) is 10.6 Å². The Hall–Kier alpha value is -1.50. The number of carbonyl (C=O) groups excluding carboxylic acids is 1. The normalized spacial score (nSPS) is 23.7. The van der Waals surface area contributed by atoms with Crippen molar-refractivity contribution in [2.75, 3.05) is 11.5 Å². The van der Waals surface area contributed by atoms with Crippen molar-refractivity contribution in [3.05, 3.63) is 50.5 Å². The monoisotopic (exact) mass is 427 g/mol. The van der Waals surface area contributed by atoms with Gasteiger partial charge in [-0.05, 0) is 40.2 Å². The van der Waals surface area contributed by atoms with Crippen LogP contribution in [-0.2, 0) is 0 Å². The van der Waals surface area contributed by atoms with Crippen molar-refractivity contribution < 1.29 is 9.53 Å². The second kappa shape index (κ2) is 5.79. The number of pyridine rings is 1. The average Bonchev–Trinajstić information content (AvgIpc) is 3.26. The number of primary amides is 1. The number of halogens is 3. The highest BCUT2D eigenvalue weighted by Crippen LogP contribution is 2.60. The minimum Gasteiger partial charge on any atom is -0.491 e. The Morgan fingerprint density at radius 3 is 2.71 bits per heavy atom. The number of fused-ring (bicyclic) bond motifs is 3. The Balaban J connectivity index is 1.74. The number of hydrogen-bond donors (Lipinski definition) is 1. The molecule has 2 heterocycles. The van der Waals surface area contributed by atoms with Gasteiger partial charge in [-0.15, -0.1) is 0 Å². The number of nitrogens with zero attached hydrogens (tertiary/aromatic N) is 2. The lowest BCUT2D eigenvalue weighted by molar-refractivity contribution is 0.252. The molecule has 3 unspecified atom stereocenters. The quantitative estimate of drug-likeness (QED) is 0.778. The van der Waals surface area contributed by atoms with E-state index in [1.54, 1.807) is 24.4 Å². The van der Waals surface area contributed by atoms with Crippen LogP contribution in [0.2, 0.25) is 10.0 Å². The zero-order valence-corrected chi connectivity index (χ0v) is 15.3. The Labute approximate surface area is 156 Å². The molecule has 124 valence electrons. The standard InChI is InChI=1S/C16H12BrCl2N3O2/c17-7-1-4-11(21-5-7)22(16(20)23)14-8-6-24-15-10(19)3-2-9(18)13(15)12(8)14/h1-5,8,12,14H,6H2,(H2,20,23). The van der Waals surface area contributed by atoms with Crippen LogP contribution in [-0.4, -0.2) is 23.7 Å².